The minimum absolute atomic E-state index is 0.0394. The SMILES string of the molecule is CCCC(=O)C(O)(C(=O)O)c1ccccc1. The first-order chi connectivity index (χ1) is 7.53. The summed E-state index contributed by atoms with van der Waals surface area (Å²) in [5.41, 5.74) is -2.32. The number of carboxylic acids is 1. The highest BCUT2D eigenvalue weighted by atomic mass is 16.4. The Morgan fingerprint density at radius 1 is 1.25 bits per heavy atom. The van der Waals surface area contributed by atoms with Crippen molar-refractivity contribution < 1.29 is 19.8 Å². The van der Waals surface area contributed by atoms with E-state index in [4.69, 9.17) is 5.11 Å². The quantitative estimate of drug-likeness (QED) is 0.737. The van der Waals surface area contributed by atoms with E-state index in [1.807, 2.05) is 0 Å². The van der Waals surface area contributed by atoms with Crippen LogP contribution >= 0.6 is 0 Å². The fourth-order valence-corrected chi connectivity index (χ4v) is 1.49. The fraction of sp³-hybridized carbons (Fsp3) is 0.333. The molecule has 0 aliphatic carbocycles. The summed E-state index contributed by atoms with van der Waals surface area (Å²) in [5.74, 6) is -2.22. The van der Waals surface area contributed by atoms with Gasteiger partial charge in [0.2, 0.25) is 5.60 Å². The van der Waals surface area contributed by atoms with Gasteiger partial charge in [0, 0.05) is 12.0 Å². The van der Waals surface area contributed by atoms with E-state index in [0.29, 0.717) is 6.42 Å². The van der Waals surface area contributed by atoms with Gasteiger partial charge in [0.05, 0.1) is 0 Å². The molecule has 0 aromatic heterocycles. The number of hydrogen-bond donors (Lipinski definition) is 2. The van der Waals surface area contributed by atoms with Crippen LogP contribution in [-0.2, 0) is 15.2 Å². The Kier molecular flexibility index (Phi) is 3.79. The first-order valence-electron chi connectivity index (χ1n) is 5.08. The Hall–Kier alpha value is -1.68. The second kappa shape index (κ2) is 4.90. The van der Waals surface area contributed by atoms with Crippen molar-refractivity contribution in [2.75, 3.05) is 0 Å². The molecule has 2 N–H and O–H groups in total. The Bertz CT molecular complexity index is 385. The van der Waals surface area contributed by atoms with Crippen LogP contribution in [0.25, 0.3) is 0 Å². The summed E-state index contributed by atoms with van der Waals surface area (Å²) < 4.78 is 0. The Balaban J connectivity index is 3.17. The number of carbonyl (C=O) groups is 2. The average Bonchev–Trinajstić information content (AvgIpc) is 2.29. The average molecular weight is 222 g/mol. The second-order valence-electron chi connectivity index (χ2n) is 3.55. The highest BCUT2D eigenvalue weighted by Gasteiger charge is 2.44. The summed E-state index contributed by atoms with van der Waals surface area (Å²) in [6, 6.07) is 7.73. The molecule has 0 radical (unpaired) electrons. The molecule has 0 spiro atoms. The second-order valence-corrected chi connectivity index (χ2v) is 3.55. The Morgan fingerprint density at radius 2 is 1.81 bits per heavy atom. The van der Waals surface area contributed by atoms with Gasteiger partial charge >= 0.3 is 5.97 Å². The van der Waals surface area contributed by atoms with Crippen molar-refractivity contribution >= 4 is 11.8 Å². The van der Waals surface area contributed by atoms with Crippen LogP contribution in [0.3, 0.4) is 0 Å². The van der Waals surface area contributed by atoms with Crippen LogP contribution in [0.4, 0.5) is 0 Å². The van der Waals surface area contributed by atoms with Gasteiger partial charge in [-0.1, -0.05) is 37.3 Å². The lowest BCUT2D eigenvalue weighted by atomic mass is 9.87. The predicted octanol–water partition coefficient (Wildman–Crippen LogP) is 1.33. The molecule has 0 fully saturated rings. The van der Waals surface area contributed by atoms with Crippen molar-refractivity contribution in [1.29, 1.82) is 0 Å². The summed E-state index contributed by atoms with van der Waals surface area (Å²) in [6.07, 6.45) is 0.541. The highest BCUT2D eigenvalue weighted by molar-refractivity contribution is 6.06. The molecule has 4 nitrogen and oxygen atoms in total. The summed E-state index contributed by atoms with van der Waals surface area (Å²) >= 11 is 0. The van der Waals surface area contributed by atoms with E-state index in [2.05, 4.69) is 0 Å². The molecule has 1 aromatic rings. The molecule has 16 heavy (non-hydrogen) atoms. The van der Waals surface area contributed by atoms with Crippen molar-refractivity contribution in [1.82, 2.24) is 0 Å². The molecular weight excluding hydrogens is 208 g/mol. The van der Waals surface area contributed by atoms with Gasteiger partial charge in [-0.25, -0.2) is 4.79 Å². The Labute approximate surface area is 93.5 Å². The lowest BCUT2D eigenvalue weighted by Crippen LogP contribution is -2.43. The number of rotatable bonds is 5. The Morgan fingerprint density at radius 3 is 2.25 bits per heavy atom. The number of carboxylic acid groups (broad SMARTS) is 1. The van der Waals surface area contributed by atoms with Crippen LogP contribution in [-0.4, -0.2) is 22.0 Å². The minimum Gasteiger partial charge on any atom is -0.479 e. The molecule has 0 bridgehead atoms. The van der Waals surface area contributed by atoms with E-state index >= 15 is 0 Å². The zero-order valence-corrected chi connectivity index (χ0v) is 9.01. The van der Waals surface area contributed by atoms with Crippen molar-refractivity contribution in [3.63, 3.8) is 0 Å². The fourth-order valence-electron chi connectivity index (χ4n) is 1.49. The molecule has 86 valence electrons. The summed E-state index contributed by atoms with van der Waals surface area (Å²) in [7, 11) is 0. The van der Waals surface area contributed by atoms with E-state index in [9.17, 15) is 14.7 Å². The third-order valence-corrected chi connectivity index (χ3v) is 2.38. The molecule has 4 heteroatoms. The molecule has 0 amide bonds. The van der Waals surface area contributed by atoms with Crippen LogP contribution in [0.1, 0.15) is 25.3 Å². The molecule has 1 rings (SSSR count). The molecule has 1 atom stereocenters. The van der Waals surface area contributed by atoms with Crippen LogP contribution in [0.15, 0.2) is 30.3 Å². The molecule has 1 aromatic carbocycles. The maximum absolute atomic E-state index is 11.7. The minimum atomic E-state index is -2.42. The third-order valence-electron chi connectivity index (χ3n) is 2.38. The molecule has 0 saturated heterocycles. The lowest BCUT2D eigenvalue weighted by Gasteiger charge is -2.22. The molecule has 1 unspecified atom stereocenters. The smallest absolute Gasteiger partial charge is 0.348 e. The van der Waals surface area contributed by atoms with Gasteiger partial charge in [0.1, 0.15) is 0 Å². The zero-order valence-electron chi connectivity index (χ0n) is 9.01. The number of carbonyl (C=O) groups excluding carboxylic acids is 1. The number of aliphatic hydroxyl groups is 1. The van der Waals surface area contributed by atoms with Crippen LogP contribution in [0, 0.1) is 0 Å². The normalized spacial score (nSPS) is 14.1. The summed E-state index contributed by atoms with van der Waals surface area (Å²) in [5, 5.41) is 19.0. The monoisotopic (exact) mass is 222 g/mol. The van der Waals surface area contributed by atoms with Gasteiger partial charge in [0.15, 0.2) is 5.78 Å². The van der Waals surface area contributed by atoms with Crippen molar-refractivity contribution in [2.45, 2.75) is 25.4 Å². The van der Waals surface area contributed by atoms with Crippen molar-refractivity contribution in [2.24, 2.45) is 0 Å². The van der Waals surface area contributed by atoms with Gasteiger partial charge < -0.3 is 10.2 Å². The van der Waals surface area contributed by atoms with Gasteiger partial charge in [0.25, 0.3) is 0 Å². The zero-order chi connectivity index (χ0) is 12.2. The van der Waals surface area contributed by atoms with Gasteiger partial charge in [-0.15, -0.1) is 0 Å². The number of benzene rings is 1. The largest absolute Gasteiger partial charge is 0.479 e. The topological polar surface area (TPSA) is 74.6 Å². The van der Waals surface area contributed by atoms with Crippen LogP contribution in [0.2, 0.25) is 0 Å². The lowest BCUT2D eigenvalue weighted by molar-refractivity contribution is -0.166. The maximum atomic E-state index is 11.7. The van der Waals surface area contributed by atoms with Gasteiger partial charge in [-0.05, 0) is 6.42 Å². The molecule has 0 saturated carbocycles. The van der Waals surface area contributed by atoms with E-state index < -0.39 is 17.4 Å². The molecule has 0 aliphatic rings. The maximum Gasteiger partial charge on any atom is 0.348 e. The summed E-state index contributed by atoms with van der Waals surface area (Å²) in [6.45, 7) is 1.76. The first-order valence-corrected chi connectivity index (χ1v) is 5.08. The molecular formula is C12H14O4. The standard InChI is InChI=1S/C12H14O4/c1-2-6-10(13)12(16,11(14)15)9-7-4-3-5-8-9/h3-5,7-8,16H,2,6H2,1H3,(H,14,15). The molecule has 0 aliphatic heterocycles. The van der Waals surface area contributed by atoms with Crippen LogP contribution in [0.5, 0.6) is 0 Å². The number of Topliss-reactive ketones (excluding diaryl/α,β-unsaturated/α-hetero) is 1. The highest BCUT2D eigenvalue weighted by Crippen LogP contribution is 2.24. The van der Waals surface area contributed by atoms with Crippen LogP contribution < -0.4 is 0 Å². The molecule has 0 heterocycles. The first kappa shape index (κ1) is 12.4. The van der Waals surface area contributed by atoms with E-state index in [0.717, 1.165) is 0 Å². The number of hydrogen-bond acceptors (Lipinski definition) is 3. The summed E-state index contributed by atoms with van der Waals surface area (Å²) in [4.78, 5) is 22.7. The number of ketones is 1. The predicted molar refractivity (Wildman–Crippen MR) is 57.9 cm³/mol. The van der Waals surface area contributed by atoms with Gasteiger partial charge in [-0.3, -0.25) is 4.79 Å². The van der Waals surface area contributed by atoms with Crippen molar-refractivity contribution in [3.8, 4) is 0 Å². The third kappa shape index (κ3) is 2.12. The number of aliphatic carboxylic acids is 1. The van der Waals surface area contributed by atoms with E-state index in [1.54, 1.807) is 25.1 Å². The van der Waals surface area contributed by atoms with Gasteiger partial charge in [-0.2, -0.15) is 0 Å². The van der Waals surface area contributed by atoms with E-state index in [-0.39, 0.29) is 12.0 Å². The van der Waals surface area contributed by atoms with Crippen molar-refractivity contribution in [3.05, 3.63) is 35.9 Å². The van der Waals surface area contributed by atoms with E-state index in [1.165, 1.54) is 12.1 Å².